The average molecular weight is 274 g/mol. The second-order valence-corrected chi connectivity index (χ2v) is 6.86. The molecule has 1 aromatic carbocycles. The molecule has 0 saturated heterocycles. The molecule has 2 nitrogen and oxygen atoms in total. The molecule has 1 aliphatic heterocycles. The van der Waals surface area contributed by atoms with Gasteiger partial charge >= 0.3 is 0 Å². The van der Waals surface area contributed by atoms with Crippen LogP contribution in [0.25, 0.3) is 0 Å². The lowest BCUT2D eigenvalue weighted by Crippen LogP contribution is -2.27. The van der Waals surface area contributed by atoms with Crippen LogP contribution in [0.4, 0.5) is 0 Å². The van der Waals surface area contributed by atoms with Gasteiger partial charge in [-0.15, -0.1) is 11.3 Å². The van der Waals surface area contributed by atoms with E-state index in [1.165, 1.54) is 16.0 Å². The van der Waals surface area contributed by atoms with Crippen molar-refractivity contribution >= 4 is 28.1 Å². The summed E-state index contributed by atoms with van der Waals surface area (Å²) in [6.07, 6.45) is 0. The van der Waals surface area contributed by atoms with Crippen LogP contribution in [-0.2, 0) is 4.87 Å². The highest BCUT2D eigenvalue weighted by Gasteiger charge is 2.35. The minimum Gasteiger partial charge on any atom is -0.287 e. The Bertz CT molecular complexity index is 572. The summed E-state index contributed by atoms with van der Waals surface area (Å²) in [5, 5.41) is 7.65. The smallest absolute Gasteiger partial charge is 0.137 e. The molecule has 1 N–H and O–H groups in total. The molecular formula is C14H14N2S2. The number of hydrazone groups is 1. The van der Waals surface area contributed by atoms with Crippen molar-refractivity contribution in [3.63, 3.8) is 0 Å². The van der Waals surface area contributed by atoms with Crippen molar-refractivity contribution < 1.29 is 0 Å². The van der Waals surface area contributed by atoms with Gasteiger partial charge in [0.15, 0.2) is 0 Å². The first-order valence-electron chi connectivity index (χ1n) is 5.82. The molecule has 1 aromatic heterocycles. The topological polar surface area (TPSA) is 24.4 Å². The highest BCUT2D eigenvalue weighted by Crippen LogP contribution is 2.41. The summed E-state index contributed by atoms with van der Waals surface area (Å²) >= 11 is 3.54. The summed E-state index contributed by atoms with van der Waals surface area (Å²) in [6, 6.07) is 12.7. The lowest BCUT2D eigenvalue weighted by Gasteiger charge is -2.20. The summed E-state index contributed by atoms with van der Waals surface area (Å²) in [6.45, 7) is 4.27. The van der Waals surface area contributed by atoms with E-state index in [4.69, 9.17) is 0 Å². The Kier molecular flexibility index (Phi) is 2.92. The van der Waals surface area contributed by atoms with Crippen LogP contribution in [-0.4, -0.2) is 5.04 Å². The van der Waals surface area contributed by atoms with Crippen molar-refractivity contribution in [1.82, 2.24) is 5.43 Å². The molecule has 2 heterocycles. The van der Waals surface area contributed by atoms with Crippen molar-refractivity contribution in [2.45, 2.75) is 18.7 Å². The highest BCUT2D eigenvalue weighted by molar-refractivity contribution is 8.15. The molecule has 0 radical (unpaired) electrons. The van der Waals surface area contributed by atoms with Crippen molar-refractivity contribution in [3.8, 4) is 0 Å². The van der Waals surface area contributed by atoms with Gasteiger partial charge in [0.25, 0.3) is 0 Å². The molecular weight excluding hydrogens is 260 g/mol. The lowest BCUT2D eigenvalue weighted by atomic mass is 10.2. The first-order chi connectivity index (χ1) is 8.67. The summed E-state index contributed by atoms with van der Waals surface area (Å²) in [5.41, 5.74) is 5.71. The van der Waals surface area contributed by atoms with Crippen LogP contribution in [0.3, 0.4) is 0 Å². The lowest BCUT2D eigenvalue weighted by molar-refractivity contribution is 0.573. The molecule has 4 heteroatoms. The molecule has 0 spiro atoms. The Labute approximate surface area is 115 Å². The number of hydrogen-bond acceptors (Lipinski definition) is 4. The second kappa shape index (κ2) is 4.44. The van der Waals surface area contributed by atoms with Crippen molar-refractivity contribution in [2.75, 3.05) is 0 Å². The monoisotopic (exact) mass is 274 g/mol. The number of nitrogens with zero attached hydrogens (tertiary/aromatic N) is 1. The second-order valence-electron chi connectivity index (χ2n) is 4.51. The Hall–Kier alpha value is -1.26. The van der Waals surface area contributed by atoms with Crippen LogP contribution in [0.1, 0.15) is 22.9 Å². The van der Waals surface area contributed by atoms with E-state index < -0.39 is 0 Å². The van der Waals surface area contributed by atoms with Crippen molar-refractivity contribution in [3.05, 3.63) is 57.8 Å². The molecule has 0 fully saturated rings. The van der Waals surface area contributed by atoms with Crippen LogP contribution in [0.15, 0.2) is 46.9 Å². The number of hydrogen-bond donors (Lipinski definition) is 1. The largest absolute Gasteiger partial charge is 0.287 e. The van der Waals surface area contributed by atoms with Gasteiger partial charge in [0, 0.05) is 10.4 Å². The molecule has 0 saturated carbocycles. The third-order valence-corrected chi connectivity index (χ3v) is 5.42. The Morgan fingerprint density at radius 3 is 2.61 bits per heavy atom. The van der Waals surface area contributed by atoms with E-state index in [2.05, 4.69) is 66.2 Å². The Balaban J connectivity index is 1.84. The zero-order valence-corrected chi connectivity index (χ0v) is 11.9. The minimum absolute atomic E-state index is 0.131. The summed E-state index contributed by atoms with van der Waals surface area (Å²) in [7, 11) is 0. The quantitative estimate of drug-likeness (QED) is 0.897. The maximum Gasteiger partial charge on any atom is 0.137 e. The van der Waals surface area contributed by atoms with Gasteiger partial charge in [0.05, 0.1) is 0 Å². The van der Waals surface area contributed by atoms with Crippen LogP contribution >= 0.6 is 23.1 Å². The molecule has 2 aromatic rings. The van der Waals surface area contributed by atoms with Crippen molar-refractivity contribution in [1.29, 1.82) is 0 Å². The van der Waals surface area contributed by atoms with E-state index in [1.807, 2.05) is 0 Å². The fourth-order valence-corrected chi connectivity index (χ4v) is 3.86. The maximum absolute atomic E-state index is 4.48. The van der Waals surface area contributed by atoms with E-state index in [0.717, 1.165) is 5.04 Å². The SMILES string of the molecule is Cc1ccc(C2=NNC(C)(c3cccs3)S2)cc1. The van der Waals surface area contributed by atoms with E-state index in [1.54, 1.807) is 23.1 Å². The molecule has 1 atom stereocenters. The Morgan fingerprint density at radius 2 is 1.94 bits per heavy atom. The van der Waals surface area contributed by atoms with Gasteiger partial charge < -0.3 is 0 Å². The van der Waals surface area contributed by atoms with E-state index in [-0.39, 0.29) is 4.87 Å². The van der Waals surface area contributed by atoms with Gasteiger partial charge in [-0.3, -0.25) is 5.43 Å². The van der Waals surface area contributed by atoms with Crippen molar-refractivity contribution in [2.24, 2.45) is 5.10 Å². The van der Waals surface area contributed by atoms with Crippen LogP contribution in [0, 0.1) is 6.92 Å². The van der Waals surface area contributed by atoms with Gasteiger partial charge in [-0.2, -0.15) is 5.10 Å². The molecule has 3 rings (SSSR count). The molecule has 92 valence electrons. The van der Waals surface area contributed by atoms with Gasteiger partial charge in [0.2, 0.25) is 0 Å². The fourth-order valence-electron chi connectivity index (χ4n) is 1.87. The zero-order chi connectivity index (χ0) is 12.6. The van der Waals surface area contributed by atoms with E-state index in [9.17, 15) is 0 Å². The van der Waals surface area contributed by atoms with E-state index in [0.29, 0.717) is 0 Å². The summed E-state index contributed by atoms with van der Waals surface area (Å²) in [4.78, 5) is 1.17. The van der Waals surface area contributed by atoms with Crippen LogP contribution in [0.2, 0.25) is 0 Å². The van der Waals surface area contributed by atoms with Crippen LogP contribution in [0.5, 0.6) is 0 Å². The number of rotatable bonds is 2. The first kappa shape index (κ1) is 11.8. The zero-order valence-electron chi connectivity index (χ0n) is 10.3. The number of thioether (sulfide) groups is 1. The third-order valence-electron chi connectivity index (χ3n) is 2.96. The molecule has 18 heavy (non-hydrogen) atoms. The molecule has 0 bridgehead atoms. The van der Waals surface area contributed by atoms with Gasteiger partial charge in [-0.05, 0) is 25.3 Å². The standard InChI is InChI=1S/C14H14N2S2/c1-10-5-7-11(8-6-10)13-15-16-14(2,18-13)12-4-3-9-17-12/h3-9,16H,1-2H3. The molecule has 0 aliphatic carbocycles. The molecule has 0 amide bonds. The fraction of sp³-hybridized carbons (Fsp3) is 0.214. The number of aryl methyl sites for hydroxylation is 1. The Morgan fingerprint density at radius 1 is 1.17 bits per heavy atom. The normalized spacial score (nSPS) is 22.7. The predicted octanol–water partition coefficient (Wildman–Crippen LogP) is 3.93. The number of thiophene rings is 1. The van der Waals surface area contributed by atoms with Gasteiger partial charge in [0.1, 0.15) is 9.91 Å². The highest BCUT2D eigenvalue weighted by atomic mass is 32.2. The van der Waals surface area contributed by atoms with Gasteiger partial charge in [-0.25, -0.2) is 0 Å². The first-order valence-corrected chi connectivity index (χ1v) is 7.52. The minimum atomic E-state index is -0.131. The third kappa shape index (κ3) is 2.06. The van der Waals surface area contributed by atoms with E-state index >= 15 is 0 Å². The van der Waals surface area contributed by atoms with Crippen LogP contribution < -0.4 is 5.43 Å². The van der Waals surface area contributed by atoms with Gasteiger partial charge in [-0.1, -0.05) is 47.7 Å². The molecule has 1 unspecified atom stereocenters. The molecule has 1 aliphatic rings. The maximum atomic E-state index is 4.48. The number of nitrogens with one attached hydrogen (secondary N) is 1. The summed E-state index contributed by atoms with van der Waals surface area (Å²) in [5.74, 6) is 0. The predicted molar refractivity (Wildman–Crippen MR) is 80.1 cm³/mol. The summed E-state index contributed by atoms with van der Waals surface area (Å²) < 4.78 is 0. The number of benzene rings is 1. The average Bonchev–Trinajstić information content (AvgIpc) is 3.00.